The summed E-state index contributed by atoms with van der Waals surface area (Å²) in [5.41, 5.74) is 26.1. The number of rotatable bonds is 6. The average Bonchev–Trinajstić information content (AvgIpc) is 1.68. The van der Waals surface area contributed by atoms with Crippen LogP contribution in [0.4, 0.5) is 0 Å². The van der Waals surface area contributed by atoms with Crippen molar-refractivity contribution in [2.45, 2.75) is 38.5 Å². The molecule has 0 amide bonds. The molecule has 1 heteroatoms. The Labute approximate surface area is 615 Å². The molecule has 0 spiro atoms. The highest BCUT2D eigenvalue weighted by molar-refractivity contribution is 7.25. The van der Waals surface area contributed by atoms with E-state index in [1.54, 1.807) is 0 Å². The molecule has 0 nitrogen and oxygen atoms in total. The summed E-state index contributed by atoms with van der Waals surface area (Å²) in [5, 5.41) is 23.2. The zero-order chi connectivity index (χ0) is 69.8. The summed E-state index contributed by atoms with van der Waals surface area (Å²) in [4.78, 5) is 0. The van der Waals surface area contributed by atoms with Crippen LogP contribution in [0.5, 0.6) is 0 Å². The Kier molecular flexibility index (Phi) is 13.7. The van der Waals surface area contributed by atoms with Gasteiger partial charge in [0.05, 0.1) is 0 Å². The Morgan fingerprint density at radius 3 is 0.933 bits per heavy atom. The molecule has 22 rings (SSSR count). The Morgan fingerprint density at radius 2 is 0.486 bits per heavy atom. The fourth-order valence-electron chi connectivity index (χ4n) is 18.7. The van der Waals surface area contributed by atoms with Crippen molar-refractivity contribution in [1.29, 1.82) is 0 Å². The van der Waals surface area contributed by atoms with Crippen molar-refractivity contribution in [1.82, 2.24) is 0 Å². The maximum Gasteiger partial charge on any atom is 0.0355 e. The molecule has 0 unspecified atom stereocenters. The largest absolute Gasteiger partial charge is 0.135 e. The number of hydrogen-bond acceptors (Lipinski definition) is 1. The summed E-state index contributed by atoms with van der Waals surface area (Å²) in [6.45, 7) is 9.52. The van der Waals surface area contributed by atoms with Gasteiger partial charge in [0, 0.05) is 31.0 Å². The van der Waals surface area contributed by atoms with Crippen LogP contribution in [0.15, 0.2) is 352 Å². The Morgan fingerprint density at radius 1 is 0.171 bits per heavy atom. The monoisotopic (exact) mass is 1350 g/mol. The lowest BCUT2D eigenvalue weighted by Crippen LogP contribution is -2.14. The predicted octanol–water partition coefficient (Wildman–Crippen LogP) is 29.6. The minimum Gasteiger partial charge on any atom is -0.135 e. The topological polar surface area (TPSA) is 0 Å². The van der Waals surface area contributed by atoms with E-state index in [1.165, 1.54) is 218 Å². The molecule has 2 aliphatic carbocycles. The van der Waals surface area contributed by atoms with Gasteiger partial charge in [-0.15, -0.1) is 11.3 Å². The van der Waals surface area contributed by atoms with Crippen molar-refractivity contribution in [3.05, 3.63) is 374 Å². The molecule has 19 aromatic carbocycles. The number of thiophene rings is 1. The van der Waals surface area contributed by atoms with Gasteiger partial charge in [0.25, 0.3) is 0 Å². The molecule has 2 aliphatic rings. The zero-order valence-corrected chi connectivity index (χ0v) is 59.7. The van der Waals surface area contributed by atoms with E-state index >= 15 is 0 Å². The molecule has 0 radical (unpaired) electrons. The summed E-state index contributed by atoms with van der Waals surface area (Å²) >= 11 is 1.88. The predicted molar refractivity (Wildman–Crippen MR) is 454 cm³/mol. The van der Waals surface area contributed by atoms with Crippen LogP contribution < -0.4 is 0 Å². The molecular formula is C104H70S. The van der Waals surface area contributed by atoms with Gasteiger partial charge >= 0.3 is 0 Å². The fraction of sp³-hybridized carbons (Fsp3) is 0.0577. The van der Waals surface area contributed by atoms with Crippen LogP contribution in [0.2, 0.25) is 0 Å². The molecule has 0 bridgehead atoms. The molecule has 105 heavy (non-hydrogen) atoms. The lowest BCUT2D eigenvalue weighted by Gasteiger charge is -2.22. The molecule has 20 aromatic rings. The van der Waals surface area contributed by atoms with Crippen molar-refractivity contribution >= 4 is 118 Å². The van der Waals surface area contributed by atoms with E-state index in [2.05, 4.69) is 380 Å². The normalized spacial score (nSPS) is 13.3. The van der Waals surface area contributed by atoms with Crippen LogP contribution in [0.25, 0.3) is 195 Å². The summed E-state index contributed by atoms with van der Waals surface area (Å²) in [5.74, 6) is 0. The van der Waals surface area contributed by atoms with Crippen LogP contribution in [0.1, 0.15) is 49.9 Å². The zero-order valence-electron chi connectivity index (χ0n) is 58.9. The van der Waals surface area contributed by atoms with E-state index in [9.17, 15) is 0 Å². The number of hydrogen-bond donors (Lipinski definition) is 0. The summed E-state index contributed by atoms with van der Waals surface area (Å²) in [7, 11) is 0. The average molecular weight is 1350 g/mol. The molecule has 0 saturated heterocycles. The molecule has 0 N–H and O–H groups in total. The minimum atomic E-state index is -0.0837. The second-order valence-electron chi connectivity index (χ2n) is 30.1. The van der Waals surface area contributed by atoms with Crippen LogP contribution >= 0.6 is 11.3 Å². The molecule has 0 aliphatic heterocycles. The summed E-state index contributed by atoms with van der Waals surface area (Å²) in [6.07, 6.45) is 0. The standard InChI is InChI=1S/C53H36.C51H34S/c1-53(2)48-24-12-23-41(52(48)47-30-35-14-3-4-15-36(35)32-49(47)53)37-16-11-17-38(29-37)50-42-19-7-9-21-44(42)51(45-22-10-8-20-43(45)50)39-28-27-34-26-25-33-13-5-6-18-40(33)46(34)31-39;1-51(2)44-23-12-22-36(50(44)43-28-31-13-3-4-14-32(31)30-45(43)51)33-15-11-16-34(27-33)48-38-18-5-7-20-40(38)49(41-21-8-6-19-39(41)48)35-25-26-47-42(29-35)37-17-9-10-24-46(37)52-47/h3-32H,1-2H3;3-30H,1-2H3. The Balaban J connectivity index is 0.000000135. The van der Waals surface area contributed by atoms with Gasteiger partial charge in [-0.1, -0.05) is 319 Å². The van der Waals surface area contributed by atoms with E-state index < -0.39 is 0 Å². The smallest absolute Gasteiger partial charge is 0.0355 e. The van der Waals surface area contributed by atoms with E-state index in [-0.39, 0.29) is 10.8 Å². The number of benzene rings is 19. The van der Waals surface area contributed by atoms with Gasteiger partial charge in [-0.25, -0.2) is 0 Å². The highest BCUT2D eigenvalue weighted by Crippen LogP contribution is 2.57. The highest BCUT2D eigenvalue weighted by atomic mass is 32.1. The first-order chi connectivity index (χ1) is 51.6. The first kappa shape index (κ1) is 61.2. The molecule has 0 fully saturated rings. The Hall–Kier alpha value is -12.5. The third-order valence-electron chi connectivity index (χ3n) is 23.6. The van der Waals surface area contributed by atoms with Crippen molar-refractivity contribution < 1.29 is 0 Å². The molecule has 0 atom stereocenters. The van der Waals surface area contributed by atoms with Crippen LogP contribution in [0.3, 0.4) is 0 Å². The van der Waals surface area contributed by atoms with E-state index in [1.807, 2.05) is 11.3 Å². The second-order valence-corrected chi connectivity index (χ2v) is 31.2. The van der Waals surface area contributed by atoms with Gasteiger partial charge in [-0.2, -0.15) is 0 Å². The SMILES string of the molecule is CC1(C)c2cc3ccccc3cc2-c2c(-c3cccc(-c4c5ccccc5c(-c5ccc6ccc7ccccc7c6c5)c5ccccc45)c3)cccc21.CC1(C)c2cc3ccccc3cc2-c2c(-c3cccc(-c4c5ccccc5c(-c5ccc6sc7ccccc7c6c5)c5ccccc45)c3)cccc21. The lowest BCUT2D eigenvalue weighted by atomic mass is 9.81. The highest BCUT2D eigenvalue weighted by Gasteiger charge is 2.39. The molecule has 1 heterocycles. The third-order valence-corrected chi connectivity index (χ3v) is 24.8. The maximum absolute atomic E-state index is 2.43. The molecular weight excluding hydrogens is 1280 g/mol. The second kappa shape index (κ2) is 23.5. The quantitative estimate of drug-likeness (QED) is 0.115. The van der Waals surface area contributed by atoms with Gasteiger partial charge in [0.15, 0.2) is 0 Å². The first-order valence-corrected chi connectivity index (χ1v) is 37.7. The van der Waals surface area contributed by atoms with Gasteiger partial charge < -0.3 is 0 Å². The van der Waals surface area contributed by atoms with E-state index in [0.717, 1.165) is 0 Å². The van der Waals surface area contributed by atoms with Gasteiger partial charge in [0.2, 0.25) is 0 Å². The van der Waals surface area contributed by atoms with Crippen molar-refractivity contribution in [2.75, 3.05) is 0 Å². The third kappa shape index (κ3) is 9.44. The Bertz CT molecular complexity index is 6980. The van der Waals surface area contributed by atoms with Gasteiger partial charge in [-0.3, -0.25) is 0 Å². The van der Waals surface area contributed by atoms with Crippen LogP contribution in [-0.2, 0) is 10.8 Å². The first-order valence-electron chi connectivity index (χ1n) is 36.9. The molecule has 492 valence electrons. The maximum atomic E-state index is 2.43. The molecule has 0 saturated carbocycles. The van der Waals surface area contributed by atoms with Crippen LogP contribution in [0, 0.1) is 0 Å². The van der Waals surface area contributed by atoms with Crippen molar-refractivity contribution in [2.24, 2.45) is 0 Å². The van der Waals surface area contributed by atoms with Crippen LogP contribution in [-0.4, -0.2) is 0 Å². The summed E-state index contributed by atoms with van der Waals surface area (Å²) in [6, 6.07) is 132. The number of fused-ring (bicyclic) bond motifs is 18. The van der Waals surface area contributed by atoms with Gasteiger partial charge in [0.1, 0.15) is 0 Å². The molecule has 1 aromatic heterocycles. The summed E-state index contributed by atoms with van der Waals surface area (Å²) < 4.78 is 2.67. The van der Waals surface area contributed by atoms with Crippen molar-refractivity contribution in [3.8, 4) is 89.0 Å². The van der Waals surface area contributed by atoms with E-state index in [4.69, 9.17) is 0 Å². The minimum absolute atomic E-state index is 0.0805. The van der Waals surface area contributed by atoms with Gasteiger partial charge in [-0.05, 0) is 258 Å². The van der Waals surface area contributed by atoms with Crippen molar-refractivity contribution in [3.63, 3.8) is 0 Å². The fourth-order valence-corrected chi connectivity index (χ4v) is 19.7. The lowest BCUT2D eigenvalue weighted by molar-refractivity contribution is 0.661. The van der Waals surface area contributed by atoms with E-state index in [0.29, 0.717) is 0 Å².